The molecule has 2 saturated carbocycles. The lowest BCUT2D eigenvalue weighted by Gasteiger charge is -2.37. The Morgan fingerprint density at radius 3 is 2.71 bits per heavy atom. The average Bonchev–Trinajstić information content (AvgIpc) is 3.17. The predicted molar refractivity (Wildman–Crippen MR) is 91.5 cm³/mol. The first-order valence-electron chi connectivity index (χ1n) is 9.20. The normalized spacial score (nSPS) is 30.9. The summed E-state index contributed by atoms with van der Waals surface area (Å²) in [7, 11) is 1.29. The number of alkyl carbamates (subject to hydrolysis) is 1. The van der Waals surface area contributed by atoms with Crippen LogP contribution in [0.15, 0.2) is 24.3 Å². The fraction of sp³-hybridized carbons (Fsp3) is 0.579. The van der Waals surface area contributed by atoms with Crippen LogP contribution in [0.5, 0.6) is 5.75 Å². The maximum Gasteiger partial charge on any atom is 0.573 e. The molecular weight excluding hydrogens is 377 g/mol. The number of carbonyl (C=O) groups is 2. The van der Waals surface area contributed by atoms with E-state index in [1.807, 2.05) is 4.90 Å². The molecule has 0 aromatic heterocycles. The molecule has 1 heterocycles. The predicted octanol–water partition coefficient (Wildman–Crippen LogP) is 2.82. The minimum Gasteiger partial charge on any atom is -0.453 e. The number of hydrogen-bond acceptors (Lipinski definition) is 4. The summed E-state index contributed by atoms with van der Waals surface area (Å²) in [5.74, 6) is -0.0408. The molecule has 152 valence electrons. The van der Waals surface area contributed by atoms with Gasteiger partial charge in [-0.3, -0.25) is 4.79 Å². The van der Waals surface area contributed by atoms with Crippen LogP contribution >= 0.6 is 0 Å². The number of alkyl halides is 3. The summed E-state index contributed by atoms with van der Waals surface area (Å²) >= 11 is 0. The molecule has 0 spiro atoms. The highest BCUT2D eigenvalue weighted by molar-refractivity contribution is 5.81. The van der Waals surface area contributed by atoms with Gasteiger partial charge in [-0.15, -0.1) is 13.2 Å². The summed E-state index contributed by atoms with van der Waals surface area (Å²) in [4.78, 5) is 25.7. The lowest BCUT2D eigenvalue weighted by molar-refractivity contribution is -0.274. The van der Waals surface area contributed by atoms with E-state index in [2.05, 4.69) is 14.8 Å². The summed E-state index contributed by atoms with van der Waals surface area (Å²) in [5, 5.41) is 2.68. The Morgan fingerprint density at radius 2 is 2.04 bits per heavy atom. The number of ether oxygens (including phenoxy) is 2. The smallest absolute Gasteiger partial charge is 0.453 e. The topological polar surface area (TPSA) is 67.9 Å². The van der Waals surface area contributed by atoms with Gasteiger partial charge in [-0.25, -0.2) is 4.79 Å². The van der Waals surface area contributed by atoms with Gasteiger partial charge in [-0.05, 0) is 42.9 Å². The third-order valence-corrected chi connectivity index (χ3v) is 6.09. The molecule has 9 heteroatoms. The molecule has 0 radical (unpaired) electrons. The molecule has 4 rings (SSSR count). The molecule has 1 aliphatic heterocycles. The van der Waals surface area contributed by atoms with Crippen molar-refractivity contribution in [3.63, 3.8) is 0 Å². The van der Waals surface area contributed by atoms with Crippen molar-refractivity contribution in [3.8, 4) is 5.75 Å². The maximum absolute atomic E-state index is 12.7. The van der Waals surface area contributed by atoms with Gasteiger partial charge in [0.15, 0.2) is 0 Å². The van der Waals surface area contributed by atoms with E-state index in [1.165, 1.54) is 19.2 Å². The number of hydrogen-bond donors (Lipinski definition) is 1. The van der Waals surface area contributed by atoms with Crippen molar-refractivity contribution in [3.05, 3.63) is 29.8 Å². The van der Waals surface area contributed by atoms with Crippen LogP contribution in [0.2, 0.25) is 0 Å². The van der Waals surface area contributed by atoms with Gasteiger partial charge in [0.2, 0.25) is 5.91 Å². The molecule has 6 nitrogen and oxygen atoms in total. The fourth-order valence-corrected chi connectivity index (χ4v) is 4.52. The maximum atomic E-state index is 12.7. The second-order valence-corrected chi connectivity index (χ2v) is 7.85. The summed E-state index contributed by atoms with van der Waals surface area (Å²) in [6, 6.07) is 6.02. The zero-order valence-corrected chi connectivity index (χ0v) is 15.3. The third kappa shape index (κ3) is 3.49. The Morgan fingerprint density at radius 1 is 1.29 bits per heavy atom. The molecular formula is C19H21F3N2O4. The lowest BCUT2D eigenvalue weighted by Crippen LogP contribution is -2.50. The molecule has 3 aliphatic rings. The highest BCUT2D eigenvalue weighted by Crippen LogP contribution is 2.59. The minimum atomic E-state index is -4.73. The van der Waals surface area contributed by atoms with Crippen LogP contribution in [0.4, 0.5) is 18.0 Å². The molecule has 2 amide bonds. The van der Waals surface area contributed by atoms with Crippen molar-refractivity contribution in [2.24, 2.45) is 11.8 Å². The number of likely N-dealkylation sites (tertiary alicyclic amines) is 1. The summed E-state index contributed by atoms with van der Waals surface area (Å²) in [6.07, 6.45) is -3.20. The van der Waals surface area contributed by atoms with Crippen molar-refractivity contribution in [1.29, 1.82) is 0 Å². The fourth-order valence-electron chi connectivity index (χ4n) is 4.52. The summed E-state index contributed by atoms with van der Waals surface area (Å²) in [6.45, 7) is 1.13. The number of nitrogens with zero attached hydrogens (tertiary/aromatic N) is 1. The van der Waals surface area contributed by atoms with Crippen LogP contribution in [0, 0.1) is 11.8 Å². The third-order valence-electron chi connectivity index (χ3n) is 6.09. The molecule has 28 heavy (non-hydrogen) atoms. The Balaban J connectivity index is 1.37. The van der Waals surface area contributed by atoms with Gasteiger partial charge >= 0.3 is 12.5 Å². The molecule has 2 aliphatic carbocycles. The molecule has 1 aromatic carbocycles. The molecule has 2 unspecified atom stereocenters. The minimum absolute atomic E-state index is 0.0521. The Hall–Kier alpha value is -2.45. The van der Waals surface area contributed by atoms with Crippen LogP contribution in [-0.4, -0.2) is 49.5 Å². The highest BCUT2D eigenvalue weighted by Gasteiger charge is 2.62. The lowest BCUT2D eigenvalue weighted by atomic mass is 9.79. The Labute approximate surface area is 160 Å². The highest BCUT2D eigenvalue weighted by atomic mass is 19.4. The Bertz CT molecular complexity index is 794. The number of fused-ring (bicyclic) bond motifs is 1. The standard InChI is InChI=1S/C19H21F3N2O4/c1-27-17(26)23-14-5-11(6-14)16(25)24-9-13-8-18(13,10-24)12-3-2-4-15(7-12)28-19(20,21)22/h2-4,7,11,13-14H,5-6,8-10H2,1H3,(H,23,26). The second kappa shape index (κ2) is 6.56. The van der Waals surface area contributed by atoms with Gasteiger partial charge in [0.25, 0.3) is 0 Å². The molecule has 1 saturated heterocycles. The van der Waals surface area contributed by atoms with E-state index in [0.717, 1.165) is 12.0 Å². The number of amides is 2. The van der Waals surface area contributed by atoms with Crippen molar-refractivity contribution in [2.45, 2.75) is 37.1 Å². The number of nitrogens with one attached hydrogen (secondary N) is 1. The first kappa shape index (κ1) is 18.9. The number of methoxy groups -OCH3 is 1. The summed E-state index contributed by atoms with van der Waals surface area (Å²) in [5.41, 5.74) is 0.516. The zero-order valence-electron chi connectivity index (χ0n) is 15.3. The van der Waals surface area contributed by atoms with Gasteiger partial charge in [0, 0.05) is 30.5 Å². The van der Waals surface area contributed by atoms with Gasteiger partial charge in [-0.1, -0.05) is 12.1 Å². The summed E-state index contributed by atoms with van der Waals surface area (Å²) < 4.78 is 46.0. The molecule has 1 aromatic rings. The largest absolute Gasteiger partial charge is 0.573 e. The molecule has 2 atom stereocenters. The van der Waals surface area contributed by atoms with Crippen LogP contribution in [0.25, 0.3) is 0 Å². The van der Waals surface area contributed by atoms with E-state index in [4.69, 9.17) is 0 Å². The Kier molecular flexibility index (Phi) is 4.43. The first-order chi connectivity index (χ1) is 13.2. The molecule has 1 N–H and O–H groups in total. The quantitative estimate of drug-likeness (QED) is 0.847. The molecule has 0 bridgehead atoms. The van der Waals surface area contributed by atoms with Crippen molar-refractivity contribution in [1.82, 2.24) is 10.2 Å². The van der Waals surface area contributed by atoms with Crippen LogP contribution in [0.3, 0.4) is 0 Å². The van der Waals surface area contributed by atoms with Crippen LogP contribution < -0.4 is 10.1 Å². The van der Waals surface area contributed by atoms with Gasteiger partial charge in [-0.2, -0.15) is 0 Å². The zero-order chi connectivity index (χ0) is 20.1. The number of rotatable bonds is 4. The van der Waals surface area contributed by atoms with Crippen molar-refractivity contribution in [2.75, 3.05) is 20.2 Å². The van der Waals surface area contributed by atoms with Crippen molar-refractivity contribution >= 4 is 12.0 Å². The SMILES string of the molecule is COC(=O)NC1CC(C(=O)N2CC3CC3(c3cccc(OC(F)(F)F)c3)C2)C1. The number of carbonyl (C=O) groups excluding carboxylic acids is 2. The van der Waals surface area contributed by atoms with Gasteiger partial charge < -0.3 is 19.7 Å². The number of piperidine rings is 1. The van der Waals surface area contributed by atoms with E-state index in [1.54, 1.807) is 12.1 Å². The van der Waals surface area contributed by atoms with Gasteiger partial charge in [0.1, 0.15) is 5.75 Å². The van der Waals surface area contributed by atoms with Crippen molar-refractivity contribution < 1.29 is 32.2 Å². The van der Waals surface area contributed by atoms with Crippen LogP contribution in [0.1, 0.15) is 24.8 Å². The average molecular weight is 398 g/mol. The molecule has 3 fully saturated rings. The number of benzene rings is 1. The monoisotopic (exact) mass is 398 g/mol. The first-order valence-corrected chi connectivity index (χ1v) is 9.20. The van der Waals surface area contributed by atoms with E-state index in [0.29, 0.717) is 25.9 Å². The van der Waals surface area contributed by atoms with E-state index >= 15 is 0 Å². The number of halogens is 3. The van der Waals surface area contributed by atoms with E-state index < -0.39 is 12.5 Å². The van der Waals surface area contributed by atoms with Crippen LogP contribution in [-0.2, 0) is 14.9 Å². The van der Waals surface area contributed by atoms with E-state index in [9.17, 15) is 22.8 Å². The second-order valence-electron chi connectivity index (χ2n) is 7.85. The van der Waals surface area contributed by atoms with Gasteiger partial charge in [0.05, 0.1) is 7.11 Å². The van der Waals surface area contributed by atoms with E-state index in [-0.39, 0.29) is 34.9 Å².